The number of fused-ring (bicyclic) bond motifs is 1. The first-order valence-corrected chi connectivity index (χ1v) is 4.55. The van der Waals surface area contributed by atoms with Gasteiger partial charge in [-0.05, 0) is 12.1 Å². The first-order valence-electron chi connectivity index (χ1n) is 3.76. The Morgan fingerprint density at radius 1 is 1.54 bits per heavy atom. The summed E-state index contributed by atoms with van der Waals surface area (Å²) in [7, 11) is 1.55. The molecule has 0 amide bonds. The lowest BCUT2D eigenvalue weighted by atomic mass is 10.1. The van der Waals surface area contributed by atoms with Crippen molar-refractivity contribution in [2.24, 2.45) is 0 Å². The van der Waals surface area contributed by atoms with Crippen LogP contribution in [0.15, 0.2) is 16.6 Å². The van der Waals surface area contributed by atoms with Gasteiger partial charge in [0.05, 0.1) is 12.7 Å². The van der Waals surface area contributed by atoms with E-state index in [1.807, 2.05) is 0 Å². The lowest BCUT2D eigenvalue weighted by Crippen LogP contribution is -1.98. The summed E-state index contributed by atoms with van der Waals surface area (Å²) >= 11 is 3.30. The number of ketones is 1. The minimum atomic E-state index is -0.00500. The van der Waals surface area contributed by atoms with Crippen LogP contribution in [-0.2, 0) is 0 Å². The third-order valence-electron chi connectivity index (χ3n) is 1.89. The zero-order chi connectivity index (χ0) is 9.42. The third-order valence-corrected chi connectivity index (χ3v) is 2.35. The highest BCUT2D eigenvalue weighted by Crippen LogP contribution is 2.38. The van der Waals surface area contributed by atoms with Crippen molar-refractivity contribution in [1.29, 1.82) is 0 Å². The van der Waals surface area contributed by atoms with Crippen LogP contribution in [0.5, 0.6) is 11.5 Å². The quantitative estimate of drug-likeness (QED) is 0.757. The largest absolute Gasteiger partial charge is 0.493 e. The van der Waals surface area contributed by atoms with Crippen molar-refractivity contribution < 1.29 is 14.3 Å². The number of rotatable bonds is 1. The predicted molar refractivity (Wildman–Crippen MR) is 50.5 cm³/mol. The summed E-state index contributed by atoms with van der Waals surface area (Å²) in [5.74, 6) is 1.14. The average Bonchev–Trinajstić information content (AvgIpc) is 2.47. The number of carbonyl (C=O) groups excluding carboxylic acids is 1. The second-order valence-electron chi connectivity index (χ2n) is 2.70. The van der Waals surface area contributed by atoms with E-state index in [1.54, 1.807) is 19.2 Å². The molecule has 13 heavy (non-hydrogen) atoms. The van der Waals surface area contributed by atoms with E-state index in [9.17, 15) is 4.79 Å². The maximum atomic E-state index is 11.3. The Kier molecular flexibility index (Phi) is 2.00. The van der Waals surface area contributed by atoms with Crippen LogP contribution in [0.25, 0.3) is 0 Å². The van der Waals surface area contributed by atoms with Gasteiger partial charge in [-0.3, -0.25) is 4.79 Å². The zero-order valence-electron chi connectivity index (χ0n) is 6.96. The summed E-state index contributed by atoms with van der Waals surface area (Å²) in [6.45, 7) is 0.113. The van der Waals surface area contributed by atoms with E-state index in [0.717, 1.165) is 4.47 Å². The highest BCUT2D eigenvalue weighted by atomic mass is 79.9. The molecule has 1 aliphatic rings. The van der Waals surface area contributed by atoms with Gasteiger partial charge in [0.15, 0.2) is 18.1 Å². The molecule has 68 valence electrons. The first kappa shape index (κ1) is 8.56. The second-order valence-corrected chi connectivity index (χ2v) is 3.61. The molecule has 0 fully saturated rings. The lowest BCUT2D eigenvalue weighted by Gasteiger charge is -2.05. The summed E-state index contributed by atoms with van der Waals surface area (Å²) in [4.78, 5) is 11.3. The van der Waals surface area contributed by atoms with Crippen molar-refractivity contribution in [2.45, 2.75) is 0 Å². The van der Waals surface area contributed by atoms with E-state index < -0.39 is 0 Å². The Hall–Kier alpha value is -1.03. The smallest absolute Gasteiger partial charge is 0.204 e. The Morgan fingerprint density at radius 3 is 3.00 bits per heavy atom. The van der Waals surface area contributed by atoms with Gasteiger partial charge in [-0.1, -0.05) is 15.9 Å². The summed E-state index contributed by atoms with van der Waals surface area (Å²) < 4.78 is 11.1. The fraction of sp³-hybridized carbons (Fsp3) is 0.222. The fourth-order valence-corrected chi connectivity index (χ4v) is 1.73. The van der Waals surface area contributed by atoms with Crippen LogP contribution in [0.2, 0.25) is 0 Å². The Labute approximate surface area is 83.8 Å². The minimum absolute atomic E-state index is 0.00500. The molecule has 0 bridgehead atoms. The Bertz CT molecular complexity index is 373. The maximum Gasteiger partial charge on any atom is 0.204 e. The van der Waals surface area contributed by atoms with Crippen molar-refractivity contribution in [3.8, 4) is 11.5 Å². The van der Waals surface area contributed by atoms with Crippen LogP contribution in [0, 0.1) is 0 Å². The van der Waals surface area contributed by atoms with Gasteiger partial charge in [-0.25, -0.2) is 0 Å². The number of methoxy groups -OCH3 is 1. The molecule has 0 aromatic heterocycles. The molecular formula is C9H7BrO3. The van der Waals surface area contributed by atoms with E-state index in [0.29, 0.717) is 17.1 Å². The standard InChI is InChI=1S/C9H7BrO3/c1-12-8-3-5(10)2-6-7(11)4-13-9(6)8/h2-3H,4H2,1H3. The Balaban J connectivity index is 2.63. The first-order chi connectivity index (χ1) is 6.22. The normalized spacial score (nSPS) is 13.8. The van der Waals surface area contributed by atoms with Gasteiger partial charge in [0.25, 0.3) is 0 Å². The molecule has 1 aromatic carbocycles. The molecule has 0 unspecified atom stereocenters. The van der Waals surface area contributed by atoms with Gasteiger partial charge in [0, 0.05) is 4.47 Å². The van der Waals surface area contributed by atoms with Gasteiger partial charge in [-0.15, -0.1) is 0 Å². The van der Waals surface area contributed by atoms with Crippen LogP contribution in [0.3, 0.4) is 0 Å². The summed E-state index contributed by atoms with van der Waals surface area (Å²) in [5, 5.41) is 0. The number of benzene rings is 1. The molecule has 0 atom stereocenters. The molecule has 4 heteroatoms. The number of ether oxygens (including phenoxy) is 2. The van der Waals surface area contributed by atoms with Gasteiger partial charge in [-0.2, -0.15) is 0 Å². The third kappa shape index (κ3) is 1.31. The monoisotopic (exact) mass is 242 g/mol. The highest BCUT2D eigenvalue weighted by Gasteiger charge is 2.25. The molecule has 0 saturated heterocycles. The van der Waals surface area contributed by atoms with Gasteiger partial charge < -0.3 is 9.47 Å². The predicted octanol–water partition coefficient (Wildman–Crippen LogP) is 2.03. The average molecular weight is 243 g/mol. The maximum absolute atomic E-state index is 11.3. The molecule has 1 aromatic rings. The number of Topliss-reactive ketones (excluding diaryl/α,β-unsaturated/α-hetero) is 1. The number of hydrogen-bond donors (Lipinski definition) is 0. The van der Waals surface area contributed by atoms with Gasteiger partial charge in [0.1, 0.15) is 0 Å². The van der Waals surface area contributed by atoms with Crippen molar-refractivity contribution in [3.63, 3.8) is 0 Å². The molecular weight excluding hydrogens is 236 g/mol. The number of halogens is 1. The van der Waals surface area contributed by atoms with Crippen LogP contribution >= 0.6 is 15.9 Å². The van der Waals surface area contributed by atoms with Crippen LogP contribution in [0.1, 0.15) is 10.4 Å². The molecule has 1 aliphatic heterocycles. The van der Waals surface area contributed by atoms with Gasteiger partial charge in [0.2, 0.25) is 5.78 Å². The molecule has 0 N–H and O–H groups in total. The van der Waals surface area contributed by atoms with Crippen molar-refractivity contribution in [1.82, 2.24) is 0 Å². The molecule has 2 rings (SSSR count). The van der Waals surface area contributed by atoms with Crippen molar-refractivity contribution in [2.75, 3.05) is 13.7 Å². The SMILES string of the molecule is COc1cc(Br)cc2c1OCC2=O. The summed E-state index contributed by atoms with van der Waals surface area (Å²) in [5.41, 5.74) is 0.589. The zero-order valence-corrected chi connectivity index (χ0v) is 8.55. The van der Waals surface area contributed by atoms with Crippen LogP contribution in [-0.4, -0.2) is 19.5 Å². The topological polar surface area (TPSA) is 35.5 Å². The van der Waals surface area contributed by atoms with Crippen LogP contribution in [0.4, 0.5) is 0 Å². The van der Waals surface area contributed by atoms with Crippen molar-refractivity contribution >= 4 is 21.7 Å². The second kappa shape index (κ2) is 3.03. The molecule has 1 heterocycles. The van der Waals surface area contributed by atoms with E-state index in [1.165, 1.54) is 0 Å². The van der Waals surface area contributed by atoms with E-state index in [2.05, 4.69) is 15.9 Å². The van der Waals surface area contributed by atoms with E-state index >= 15 is 0 Å². The van der Waals surface area contributed by atoms with Crippen LogP contribution < -0.4 is 9.47 Å². The van der Waals surface area contributed by atoms with E-state index in [-0.39, 0.29) is 12.4 Å². The molecule has 0 spiro atoms. The van der Waals surface area contributed by atoms with Gasteiger partial charge >= 0.3 is 0 Å². The van der Waals surface area contributed by atoms with E-state index in [4.69, 9.17) is 9.47 Å². The van der Waals surface area contributed by atoms with Crippen molar-refractivity contribution in [3.05, 3.63) is 22.2 Å². The molecule has 0 aliphatic carbocycles. The molecule has 3 nitrogen and oxygen atoms in total. The molecule has 0 radical (unpaired) electrons. The number of hydrogen-bond acceptors (Lipinski definition) is 3. The fourth-order valence-electron chi connectivity index (χ4n) is 1.29. The summed E-state index contributed by atoms with van der Waals surface area (Å²) in [6.07, 6.45) is 0. The highest BCUT2D eigenvalue weighted by molar-refractivity contribution is 9.10. The lowest BCUT2D eigenvalue weighted by molar-refractivity contribution is 0.0960. The summed E-state index contributed by atoms with van der Waals surface area (Å²) in [6, 6.07) is 3.52. The minimum Gasteiger partial charge on any atom is -0.493 e. The molecule has 0 saturated carbocycles. The Morgan fingerprint density at radius 2 is 2.31 bits per heavy atom. The number of carbonyl (C=O) groups is 1.